The third-order valence-electron chi connectivity index (χ3n) is 2.04. The fourth-order valence-electron chi connectivity index (χ4n) is 1.22. The van der Waals surface area contributed by atoms with Gasteiger partial charge in [0, 0.05) is 38.6 Å². The van der Waals surface area contributed by atoms with E-state index in [1.165, 1.54) is 0 Å². The summed E-state index contributed by atoms with van der Waals surface area (Å²) < 4.78 is 0. The molecule has 0 bridgehead atoms. The van der Waals surface area contributed by atoms with Crippen molar-refractivity contribution in [1.29, 1.82) is 0 Å². The zero-order valence-corrected chi connectivity index (χ0v) is 9.49. The summed E-state index contributed by atoms with van der Waals surface area (Å²) in [7, 11) is 0. The highest BCUT2D eigenvalue weighted by Crippen LogP contribution is 1.94. The molecule has 0 radical (unpaired) electrons. The number of aliphatic hydroxyl groups is 4. The molecular weight excluding hydrogens is 212 g/mol. The molecule has 0 fully saturated rings. The van der Waals surface area contributed by atoms with Crippen LogP contribution in [-0.4, -0.2) is 82.8 Å². The Kier molecular flexibility index (Phi) is 10.1. The minimum Gasteiger partial charge on any atom is -0.395 e. The standard InChI is InChI=1S/C10H22N2O4/c13-7-3-11(4-8-14)1-2-12(5-9-15)6-10-16/h1-2,13-16H,3-10H2. The van der Waals surface area contributed by atoms with Crippen molar-refractivity contribution in [3.8, 4) is 0 Å². The van der Waals surface area contributed by atoms with Gasteiger partial charge in [0.1, 0.15) is 0 Å². The van der Waals surface area contributed by atoms with Crippen molar-refractivity contribution in [3.05, 3.63) is 12.4 Å². The summed E-state index contributed by atoms with van der Waals surface area (Å²) in [4.78, 5) is 3.53. The molecular formula is C10H22N2O4. The lowest BCUT2D eigenvalue weighted by atomic mass is 10.5. The van der Waals surface area contributed by atoms with E-state index in [4.69, 9.17) is 20.4 Å². The van der Waals surface area contributed by atoms with Crippen LogP contribution < -0.4 is 0 Å². The molecule has 0 aromatic heterocycles. The van der Waals surface area contributed by atoms with Crippen LogP contribution in [-0.2, 0) is 0 Å². The van der Waals surface area contributed by atoms with Gasteiger partial charge in [-0.2, -0.15) is 0 Å². The van der Waals surface area contributed by atoms with Gasteiger partial charge in [-0.3, -0.25) is 0 Å². The molecule has 0 amide bonds. The van der Waals surface area contributed by atoms with Crippen LogP contribution in [0.4, 0.5) is 0 Å². The number of nitrogens with zero attached hydrogens (tertiary/aromatic N) is 2. The van der Waals surface area contributed by atoms with E-state index in [1.807, 2.05) is 0 Å². The van der Waals surface area contributed by atoms with Crippen molar-refractivity contribution in [2.24, 2.45) is 0 Å². The molecule has 16 heavy (non-hydrogen) atoms. The van der Waals surface area contributed by atoms with Crippen molar-refractivity contribution < 1.29 is 20.4 Å². The Morgan fingerprint density at radius 1 is 0.562 bits per heavy atom. The number of hydrogen-bond donors (Lipinski definition) is 4. The first kappa shape index (κ1) is 15.2. The highest BCUT2D eigenvalue weighted by Gasteiger charge is 1.99. The number of aliphatic hydroxyl groups excluding tert-OH is 4. The maximum Gasteiger partial charge on any atom is 0.0606 e. The number of hydrogen-bond acceptors (Lipinski definition) is 6. The van der Waals surface area contributed by atoms with Crippen LogP contribution in [0.5, 0.6) is 0 Å². The fourth-order valence-corrected chi connectivity index (χ4v) is 1.22. The van der Waals surface area contributed by atoms with E-state index in [1.54, 1.807) is 22.2 Å². The predicted octanol–water partition coefficient (Wildman–Crippen LogP) is -1.97. The van der Waals surface area contributed by atoms with Crippen molar-refractivity contribution in [2.45, 2.75) is 0 Å². The zero-order chi connectivity index (χ0) is 12.2. The Bertz CT molecular complexity index is 148. The van der Waals surface area contributed by atoms with Gasteiger partial charge in [0.25, 0.3) is 0 Å². The second-order valence-corrected chi connectivity index (χ2v) is 3.26. The largest absolute Gasteiger partial charge is 0.395 e. The van der Waals surface area contributed by atoms with Crippen molar-refractivity contribution in [2.75, 3.05) is 52.6 Å². The molecule has 6 nitrogen and oxygen atoms in total. The van der Waals surface area contributed by atoms with Crippen molar-refractivity contribution in [1.82, 2.24) is 9.80 Å². The normalized spacial score (nSPS) is 11.0. The molecule has 6 heteroatoms. The van der Waals surface area contributed by atoms with Gasteiger partial charge in [-0.25, -0.2) is 0 Å². The van der Waals surface area contributed by atoms with E-state index < -0.39 is 0 Å². The van der Waals surface area contributed by atoms with Crippen molar-refractivity contribution in [3.63, 3.8) is 0 Å². The maximum atomic E-state index is 8.78. The fraction of sp³-hybridized carbons (Fsp3) is 0.800. The van der Waals surface area contributed by atoms with Crippen LogP contribution >= 0.6 is 0 Å². The van der Waals surface area contributed by atoms with Gasteiger partial charge in [0.05, 0.1) is 26.4 Å². The molecule has 96 valence electrons. The van der Waals surface area contributed by atoms with Crippen LogP contribution in [0.3, 0.4) is 0 Å². The van der Waals surface area contributed by atoms with Crippen LogP contribution in [0.15, 0.2) is 12.4 Å². The second kappa shape index (κ2) is 10.7. The maximum absolute atomic E-state index is 8.78. The lowest BCUT2D eigenvalue weighted by molar-refractivity contribution is 0.185. The Morgan fingerprint density at radius 2 is 0.812 bits per heavy atom. The summed E-state index contributed by atoms with van der Waals surface area (Å²) >= 11 is 0. The first-order chi connectivity index (χ1) is 7.78. The molecule has 0 aliphatic carbocycles. The average Bonchev–Trinajstić information content (AvgIpc) is 2.27. The predicted molar refractivity (Wildman–Crippen MR) is 60.6 cm³/mol. The Morgan fingerprint density at radius 3 is 1.00 bits per heavy atom. The summed E-state index contributed by atoms with van der Waals surface area (Å²) in [5.74, 6) is 0. The summed E-state index contributed by atoms with van der Waals surface area (Å²) in [6.07, 6.45) is 3.47. The first-order valence-corrected chi connectivity index (χ1v) is 5.38. The molecule has 0 spiro atoms. The van der Waals surface area contributed by atoms with E-state index in [2.05, 4.69) is 0 Å². The lowest BCUT2D eigenvalue weighted by Gasteiger charge is -2.22. The van der Waals surface area contributed by atoms with E-state index in [0.717, 1.165) is 0 Å². The average molecular weight is 234 g/mol. The molecule has 0 aromatic rings. The highest BCUT2D eigenvalue weighted by atomic mass is 16.3. The molecule has 0 rings (SSSR count). The van der Waals surface area contributed by atoms with E-state index in [-0.39, 0.29) is 26.4 Å². The quantitative estimate of drug-likeness (QED) is 0.351. The Balaban J connectivity index is 4.12. The summed E-state index contributed by atoms with van der Waals surface area (Å²) in [5, 5.41) is 35.1. The van der Waals surface area contributed by atoms with Gasteiger partial charge >= 0.3 is 0 Å². The smallest absolute Gasteiger partial charge is 0.0606 e. The molecule has 0 saturated carbocycles. The van der Waals surface area contributed by atoms with Crippen LogP contribution in [0, 0.1) is 0 Å². The second-order valence-electron chi connectivity index (χ2n) is 3.26. The molecule has 0 aliphatic rings. The Hall–Kier alpha value is -0.820. The summed E-state index contributed by atoms with van der Waals surface area (Å²) in [6.45, 7) is 1.86. The molecule has 0 aliphatic heterocycles. The minimum absolute atomic E-state index is 0.0182. The van der Waals surface area contributed by atoms with Gasteiger partial charge in [-0.05, 0) is 0 Å². The molecule has 0 saturated heterocycles. The van der Waals surface area contributed by atoms with E-state index >= 15 is 0 Å². The SMILES string of the molecule is OCCN(C=CN(CCO)CCO)CCO. The van der Waals surface area contributed by atoms with Gasteiger partial charge in [0.15, 0.2) is 0 Å². The summed E-state index contributed by atoms with van der Waals surface area (Å²) in [6, 6.07) is 0. The van der Waals surface area contributed by atoms with Gasteiger partial charge in [-0.15, -0.1) is 0 Å². The third kappa shape index (κ3) is 7.47. The highest BCUT2D eigenvalue weighted by molar-refractivity contribution is 4.83. The zero-order valence-electron chi connectivity index (χ0n) is 9.49. The summed E-state index contributed by atoms with van der Waals surface area (Å²) in [5.41, 5.74) is 0. The first-order valence-electron chi connectivity index (χ1n) is 5.38. The molecule has 0 unspecified atom stereocenters. The topological polar surface area (TPSA) is 87.4 Å². The molecule has 0 heterocycles. The third-order valence-corrected chi connectivity index (χ3v) is 2.04. The van der Waals surface area contributed by atoms with Crippen molar-refractivity contribution >= 4 is 0 Å². The molecule has 4 N–H and O–H groups in total. The molecule has 0 aromatic carbocycles. The van der Waals surface area contributed by atoms with Crippen LogP contribution in [0.25, 0.3) is 0 Å². The number of rotatable bonds is 10. The minimum atomic E-state index is 0.0182. The van der Waals surface area contributed by atoms with E-state index in [9.17, 15) is 0 Å². The van der Waals surface area contributed by atoms with Gasteiger partial charge in [0.2, 0.25) is 0 Å². The van der Waals surface area contributed by atoms with Crippen LogP contribution in [0.2, 0.25) is 0 Å². The monoisotopic (exact) mass is 234 g/mol. The Labute approximate surface area is 96.0 Å². The molecule has 0 atom stereocenters. The van der Waals surface area contributed by atoms with Gasteiger partial charge < -0.3 is 30.2 Å². The van der Waals surface area contributed by atoms with Gasteiger partial charge in [-0.1, -0.05) is 0 Å². The lowest BCUT2D eigenvalue weighted by Crippen LogP contribution is -2.28. The van der Waals surface area contributed by atoms with E-state index in [0.29, 0.717) is 26.2 Å². The van der Waals surface area contributed by atoms with Crippen LogP contribution in [0.1, 0.15) is 0 Å².